The molecule has 0 atom stereocenters. The van der Waals surface area contributed by atoms with Crippen LogP contribution in [0.25, 0.3) is 0 Å². The molecule has 5 nitrogen and oxygen atoms in total. The predicted octanol–water partition coefficient (Wildman–Crippen LogP) is 4.47. The fraction of sp³-hybridized carbons (Fsp3) is 0.235. The summed E-state index contributed by atoms with van der Waals surface area (Å²) in [5.74, 6) is 1.05. The van der Waals surface area contributed by atoms with Gasteiger partial charge in [-0.15, -0.1) is 0 Å². The van der Waals surface area contributed by atoms with Gasteiger partial charge in [0.05, 0.1) is 19.8 Å². The second kappa shape index (κ2) is 7.78. The monoisotopic (exact) mass is 355 g/mol. The second-order valence-corrected chi connectivity index (χ2v) is 4.96. The number of ether oxygens (including phenoxy) is 3. The van der Waals surface area contributed by atoms with Gasteiger partial charge < -0.3 is 14.2 Å². The van der Waals surface area contributed by atoms with Crippen LogP contribution in [0.3, 0.4) is 0 Å². The Morgan fingerprint density at radius 3 is 2.48 bits per heavy atom. The highest BCUT2D eigenvalue weighted by molar-refractivity contribution is 5.84. The lowest BCUT2D eigenvalue weighted by molar-refractivity contribution is -0.137. The first-order chi connectivity index (χ1) is 11.8. The molecule has 0 fully saturated rings. The van der Waals surface area contributed by atoms with Crippen LogP contribution in [0.15, 0.2) is 42.5 Å². The molecule has 0 heterocycles. The van der Waals surface area contributed by atoms with Crippen molar-refractivity contribution in [2.24, 2.45) is 0 Å². The van der Waals surface area contributed by atoms with Crippen LogP contribution in [0.5, 0.6) is 11.5 Å². The number of carbonyl (C=O) groups excluding carboxylic acids is 1. The van der Waals surface area contributed by atoms with Crippen molar-refractivity contribution in [1.82, 2.24) is 0 Å². The predicted molar refractivity (Wildman–Crippen MR) is 84.8 cm³/mol. The van der Waals surface area contributed by atoms with Gasteiger partial charge in [-0.05, 0) is 36.4 Å². The first-order valence-corrected chi connectivity index (χ1v) is 7.15. The van der Waals surface area contributed by atoms with E-state index in [1.54, 1.807) is 18.2 Å². The largest absolute Gasteiger partial charge is 0.497 e. The SMILES string of the molecule is COc1ccc(OC)c(COC(=O)Nc2cccc(C(F)(F)F)c2)c1. The van der Waals surface area contributed by atoms with E-state index in [2.05, 4.69) is 5.32 Å². The van der Waals surface area contributed by atoms with E-state index < -0.39 is 17.8 Å². The summed E-state index contributed by atoms with van der Waals surface area (Å²) in [4.78, 5) is 11.8. The number of alkyl halides is 3. The molecule has 0 aliphatic heterocycles. The maximum Gasteiger partial charge on any atom is 0.416 e. The Bertz CT molecular complexity index is 747. The summed E-state index contributed by atoms with van der Waals surface area (Å²) in [7, 11) is 2.96. The normalized spacial score (nSPS) is 10.9. The average molecular weight is 355 g/mol. The zero-order valence-corrected chi connectivity index (χ0v) is 13.5. The van der Waals surface area contributed by atoms with Gasteiger partial charge in [-0.3, -0.25) is 5.32 Å². The third kappa shape index (κ3) is 5.03. The van der Waals surface area contributed by atoms with Crippen LogP contribution >= 0.6 is 0 Å². The maximum absolute atomic E-state index is 12.7. The van der Waals surface area contributed by atoms with Gasteiger partial charge in [0, 0.05) is 11.3 Å². The fourth-order valence-corrected chi connectivity index (χ4v) is 2.07. The van der Waals surface area contributed by atoms with Crippen molar-refractivity contribution in [1.29, 1.82) is 0 Å². The number of methoxy groups -OCH3 is 2. The Morgan fingerprint density at radius 2 is 1.84 bits per heavy atom. The molecule has 0 spiro atoms. The van der Waals surface area contributed by atoms with Gasteiger partial charge in [-0.25, -0.2) is 4.79 Å². The standard InChI is InChI=1S/C17H16F3NO4/c1-23-14-6-7-15(24-2)11(8-14)10-25-16(22)21-13-5-3-4-12(9-13)17(18,19)20/h3-9H,10H2,1-2H3,(H,21,22). The van der Waals surface area contributed by atoms with Crippen molar-refractivity contribution >= 4 is 11.8 Å². The van der Waals surface area contributed by atoms with Gasteiger partial charge in [0.25, 0.3) is 0 Å². The fourth-order valence-electron chi connectivity index (χ4n) is 2.07. The lowest BCUT2D eigenvalue weighted by Gasteiger charge is -2.12. The molecule has 0 aliphatic carbocycles. The summed E-state index contributed by atoms with van der Waals surface area (Å²) in [6.07, 6.45) is -5.38. The van der Waals surface area contributed by atoms with Gasteiger partial charge in [0.2, 0.25) is 0 Å². The Labute approximate surface area is 142 Å². The van der Waals surface area contributed by atoms with E-state index in [0.29, 0.717) is 17.1 Å². The van der Waals surface area contributed by atoms with Crippen molar-refractivity contribution in [2.45, 2.75) is 12.8 Å². The smallest absolute Gasteiger partial charge is 0.416 e. The number of rotatable bonds is 5. The summed E-state index contributed by atoms with van der Waals surface area (Å²) >= 11 is 0. The first-order valence-electron chi connectivity index (χ1n) is 7.15. The molecule has 2 rings (SSSR count). The van der Waals surface area contributed by atoms with Gasteiger partial charge in [0.1, 0.15) is 18.1 Å². The summed E-state index contributed by atoms with van der Waals surface area (Å²) in [5.41, 5.74) is -0.321. The molecule has 134 valence electrons. The average Bonchev–Trinajstić information content (AvgIpc) is 2.59. The van der Waals surface area contributed by atoms with Crippen LogP contribution in [-0.2, 0) is 17.5 Å². The Morgan fingerprint density at radius 1 is 1.08 bits per heavy atom. The molecule has 2 aromatic carbocycles. The minimum Gasteiger partial charge on any atom is -0.497 e. The number of hydrogen-bond acceptors (Lipinski definition) is 4. The quantitative estimate of drug-likeness (QED) is 0.860. The Hall–Kier alpha value is -2.90. The highest BCUT2D eigenvalue weighted by Gasteiger charge is 2.30. The minimum atomic E-state index is -4.49. The second-order valence-electron chi connectivity index (χ2n) is 4.96. The van der Waals surface area contributed by atoms with Gasteiger partial charge >= 0.3 is 12.3 Å². The van der Waals surface area contributed by atoms with Crippen LogP contribution in [-0.4, -0.2) is 20.3 Å². The molecule has 1 N–H and O–H groups in total. The van der Waals surface area contributed by atoms with Crippen LogP contribution < -0.4 is 14.8 Å². The Balaban J connectivity index is 2.02. The maximum atomic E-state index is 12.7. The number of nitrogens with one attached hydrogen (secondary N) is 1. The van der Waals surface area contributed by atoms with Crippen molar-refractivity contribution in [3.05, 3.63) is 53.6 Å². The van der Waals surface area contributed by atoms with Gasteiger partial charge in [0.15, 0.2) is 0 Å². The number of halogens is 3. The zero-order chi connectivity index (χ0) is 18.4. The van der Waals surface area contributed by atoms with Crippen molar-refractivity contribution < 1.29 is 32.2 Å². The molecule has 2 aromatic rings. The molecule has 0 aliphatic rings. The highest BCUT2D eigenvalue weighted by atomic mass is 19.4. The summed E-state index contributed by atoms with van der Waals surface area (Å²) in [5, 5.41) is 2.26. The molecule has 0 bridgehead atoms. The molecule has 0 unspecified atom stereocenters. The molecule has 1 amide bonds. The summed E-state index contributed by atoms with van der Waals surface area (Å²) in [6, 6.07) is 9.25. The van der Waals surface area contributed by atoms with E-state index in [0.717, 1.165) is 12.1 Å². The number of anilines is 1. The first kappa shape index (κ1) is 18.4. The van der Waals surface area contributed by atoms with Gasteiger partial charge in [-0.1, -0.05) is 6.07 Å². The van der Waals surface area contributed by atoms with Crippen molar-refractivity contribution in [2.75, 3.05) is 19.5 Å². The van der Waals surface area contributed by atoms with E-state index in [-0.39, 0.29) is 12.3 Å². The molecule has 0 radical (unpaired) electrons. The highest BCUT2D eigenvalue weighted by Crippen LogP contribution is 2.30. The third-order valence-corrected chi connectivity index (χ3v) is 3.28. The zero-order valence-electron chi connectivity index (χ0n) is 13.5. The van der Waals surface area contributed by atoms with Crippen LogP contribution in [0, 0.1) is 0 Å². The van der Waals surface area contributed by atoms with Crippen LogP contribution in [0.2, 0.25) is 0 Å². The number of benzene rings is 2. The van der Waals surface area contributed by atoms with Crippen molar-refractivity contribution in [3.63, 3.8) is 0 Å². The van der Waals surface area contributed by atoms with Crippen molar-refractivity contribution in [3.8, 4) is 11.5 Å². The Kier molecular flexibility index (Phi) is 5.74. The molecule has 25 heavy (non-hydrogen) atoms. The number of amides is 1. The van der Waals surface area contributed by atoms with E-state index in [1.165, 1.54) is 26.4 Å². The third-order valence-electron chi connectivity index (χ3n) is 3.28. The molecule has 8 heteroatoms. The van der Waals surface area contributed by atoms with Crippen LogP contribution in [0.4, 0.5) is 23.7 Å². The topological polar surface area (TPSA) is 56.8 Å². The lowest BCUT2D eigenvalue weighted by atomic mass is 10.2. The molecule has 0 saturated heterocycles. The number of carbonyl (C=O) groups is 1. The van der Waals surface area contributed by atoms with E-state index >= 15 is 0 Å². The molecule has 0 saturated carbocycles. The van der Waals surface area contributed by atoms with E-state index in [4.69, 9.17) is 14.2 Å². The molecule has 0 aromatic heterocycles. The number of hydrogen-bond donors (Lipinski definition) is 1. The van der Waals surface area contributed by atoms with E-state index in [1.807, 2.05) is 0 Å². The van der Waals surface area contributed by atoms with Gasteiger partial charge in [-0.2, -0.15) is 13.2 Å². The lowest BCUT2D eigenvalue weighted by Crippen LogP contribution is -2.14. The van der Waals surface area contributed by atoms with Crippen LogP contribution in [0.1, 0.15) is 11.1 Å². The van der Waals surface area contributed by atoms with E-state index in [9.17, 15) is 18.0 Å². The molecular formula is C17H16F3NO4. The molecular weight excluding hydrogens is 339 g/mol. The summed E-state index contributed by atoms with van der Waals surface area (Å²) in [6.45, 7) is -0.134. The minimum absolute atomic E-state index is 0.0163. The summed E-state index contributed by atoms with van der Waals surface area (Å²) < 4.78 is 53.3.